The first kappa shape index (κ1) is 30.8. The third-order valence-corrected chi connectivity index (χ3v) is 7.53. The summed E-state index contributed by atoms with van der Waals surface area (Å²) < 4.78 is 60.7. The van der Waals surface area contributed by atoms with Crippen molar-refractivity contribution in [3.05, 3.63) is 113 Å². The number of carbonyl (C=O) groups excluding carboxylic acids is 2. The molecule has 12 heteroatoms. The molecule has 0 atom stereocenters. The van der Waals surface area contributed by atoms with Gasteiger partial charge in [-0.3, -0.25) is 9.59 Å². The minimum Gasteiger partial charge on any atom is -0.488 e. The lowest BCUT2D eigenvalue weighted by Gasteiger charge is -2.14. The molecule has 0 radical (unpaired) electrons. The Morgan fingerprint density at radius 1 is 1.00 bits per heavy atom. The Morgan fingerprint density at radius 2 is 1.78 bits per heavy atom. The Labute approximate surface area is 261 Å². The summed E-state index contributed by atoms with van der Waals surface area (Å²) in [6.07, 6.45) is -2.14. The van der Waals surface area contributed by atoms with E-state index in [1.807, 2.05) is 30.3 Å². The topological polar surface area (TPSA) is 97.6 Å². The van der Waals surface area contributed by atoms with E-state index in [0.717, 1.165) is 24.5 Å². The molecule has 2 N–H and O–H groups in total. The molecule has 1 fully saturated rings. The molecule has 0 unspecified atom stereocenters. The maximum absolute atomic E-state index is 14.4. The Morgan fingerprint density at radius 3 is 2.50 bits per heavy atom. The van der Waals surface area contributed by atoms with E-state index in [1.54, 1.807) is 25.1 Å². The van der Waals surface area contributed by atoms with E-state index in [0.29, 0.717) is 22.4 Å². The lowest BCUT2D eigenvalue weighted by molar-refractivity contribution is -0.131. The van der Waals surface area contributed by atoms with Gasteiger partial charge in [0.2, 0.25) is 5.78 Å². The summed E-state index contributed by atoms with van der Waals surface area (Å²) in [7, 11) is 0. The van der Waals surface area contributed by atoms with Gasteiger partial charge in [-0.05, 0) is 67.3 Å². The van der Waals surface area contributed by atoms with Gasteiger partial charge >= 0.3 is 6.18 Å². The van der Waals surface area contributed by atoms with Crippen LogP contribution in [0.2, 0.25) is 0 Å². The van der Waals surface area contributed by atoms with Gasteiger partial charge in [-0.1, -0.05) is 36.4 Å². The van der Waals surface area contributed by atoms with Gasteiger partial charge in [-0.15, -0.1) is 0 Å². The molecule has 2 aromatic heterocycles. The van der Waals surface area contributed by atoms with Gasteiger partial charge in [0.15, 0.2) is 5.65 Å². The highest BCUT2D eigenvalue weighted by Gasteiger charge is 2.28. The fourth-order valence-corrected chi connectivity index (χ4v) is 4.99. The number of aryl methyl sites for hydroxylation is 1. The molecule has 2 heterocycles. The molecule has 0 aliphatic heterocycles. The van der Waals surface area contributed by atoms with Crippen LogP contribution in [0.15, 0.2) is 79.0 Å². The number of ether oxygens (including phenoxy) is 1. The number of hydrogen-bond donors (Lipinski definition) is 2. The van der Waals surface area contributed by atoms with Gasteiger partial charge < -0.3 is 15.4 Å². The highest BCUT2D eigenvalue weighted by atomic mass is 19.4. The van der Waals surface area contributed by atoms with E-state index in [2.05, 4.69) is 20.7 Å². The smallest absolute Gasteiger partial charge is 0.390 e. The van der Waals surface area contributed by atoms with Crippen molar-refractivity contribution < 1.29 is 31.9 Å². The van der Waals surface area contributed by atoms with Gasteiger partial charge in [0.25, 0.3) is 5.91 Å². The lowest BCUT2D eigenvalue weighted by Crippen LogP contribution is -2.26. The number of rotatable bonds is 11. The minimum atomic E-state index is -4.41. The standard InChI is InChI=1S/C34H29F4N5O3/c1-20-15-22(7-11-25(20)33(45)41-24-9-10-24)29-18-40-32-28(39-14-13-34(36,37)38)17-27(42-43(29)32)31(44)26-16-23(35)8-12-30(26)46-19-21-5-3-2-4-6-21/h2-8,11-12,15-18,24,39H,9-10,13-14,19H2,1H3,(H,41,45). The number of nitrogens with one attached hydrogen (secondary N) is 2. The first-order chi connectivity index (χ1) is 22.1. The second-order valence-corrected chi connectivity index (χ2v) is 11.1. The number of fused-ring (bicyclic) bond motifs is 1. The number of anilines is 1. The van der Waals surface area contributed by atoms with Crippen LogP contribution in [0.4, 0.5) is 23.2 Å². The van der Waals surface area contributed by atoms with Crippen LogP contribution in [-0.4, -0.2) is 45.1 Å². The van der Waals surface area contributed by atoms with Crippen LogP contribution < -0.4 is 15.4 Å². The first-order valence-electron chi connectivity index (χ1n) is 14.7. The third-order valence-electron chi connectivity index (χ3n) is 7.53. The summed E-state index contributed by atoms with van der Waals surface area (Å²) in [4.78, 5) is 31.0. The van der Waals surface area contributed by atoms with Crippen LogP contribution in [0.5, 0.6) is 5.75 Å². The quantitative estimate of drug-likeness (QED) is 0.122. The summed E-state index contributed by atoms with van der Waals surface area (Å²) in [5.74, 6) is -1.44. The van der Waals surface area contributed by atoms with E-state index < -0.39 is 30.7 Å². The molecule has 236 valence electrons. The largest absolute Gasteiger partial charge is 0.488 e. The number of halogens is 4. The third kappa shape index (κ3) is 7.01. The molecule has 1 aliphatic rings. The summed E-state index contributed by atoms with van der Waals surface area (Å²) >= 11 is 0. The number of alkyl halides is 3. The Hall–Kier alpha value is -5.26. The van der Waals surface area contributed by atoms with Gasteiger partial charge in [0.1, 0.15) is 23.9 Å². The molecule has 5 aromatic rings. The predicted molar refractivity (Wildman–Crippen MR) is 163 cm³/mol. The van der Waals surface area contributed by atoms with Crippen molar-refractivity contribution >= 4 is 23.0 Å². The van der Waals surface area contributed by atoms with E-state index in [4.69, 9.17) is 4.74 Å². The molecule has 8 nitrogen and oxygen atoms in total. The molecule has 3 aromatic carbocycles. The van der Waals surface area contributed by atoms with Crippen molar-refractivity contribution in [1.29, 1.82) is 0 Å². The van der Waals surface area contributed by atoms with E-state index in [-0.39, 0.29) is 46.9 Å². The van der Waals surface area contributed by atoms with Gasteiger partial charge in [-0.25, -0.2) is 13.9 Å². The molecular weight excluding hydrogens is 602 g/mol. The Bertz CT molecular complexity index is 1920. The van der Waals surface area contributed by atoms with Crippen LogP contribution in [0.3, 0.4) is 0 Å². The highest BCUT2D eigenvalue weighted by molar-refractivity contribution is 6.10. The molecule has 1 saturated carbocycles. The van der Waals surface area contributed by atoms with E-state index in [1.165, 1.54) is 28.9 Å². The molecule has 0 bridgehead atoms. The fraction of sp³-hybridized carbons (Fsp3) is 0.235. The zero-order chi connectivity index (χ0) is 32.4. The Kier molecular flexibility index (Phi) is 8.44. The summed E-state index contributed by atoms with van der Waals surface area (Å²) in [5.41, 5.74) is 3.12. The molecule has 0 saturated heterocycles. The average Bonchev–Trinajstić information content (AvgIpc) is 3.74. The Balaban J connectivity index is 1.38. The molecule has 0 spiro atoms. The van der Waals surface area contributed by atoms with Crippen LogP contribution in [0.1, 0.15) is 56.8 Å². The monoisotopic (exact) mass is 631 g/mol. The minimum absolute atomic E-state index is 0.104. The van der Waals surface area contributed by atoms with E-state index >= 15 is 0 Å². The molecule has 6 rings (SSSR count). The summed E-state index contributed by atoms with van der Waals surface area (Å²) in [6.45, 7) is 1.43. The predicted octanol–water partition coefficient (Wildman–Crippen LogP) is 6.91. The van der Waals surface area contributed by atoms with Crippen LogP contribution in [0, 0.1) is 12.7 Å². The van der Waals surface area contributed by atoms with E-state index in [9.17, 15) is 27.2 Å². The number of hydrogen-bond acceptors (Lipinski definition) is 6. The maximum Gasteiger partial charge on any atom is 0.390 e. The lowest BCUT2D eigenvalue weighted by atomic mass is 10.0. The first-order valence-corrected chi connectivity index (χ1v) is 14.7. The zero-order valence-corrected chi connectivity index (χ0v) is 24.7. The number of benzene rings is 3. The second-order valence-electron chi connectivity index (χ2n) is 11.1. The van der Waals surface area contributed by atoms with Gasteiger partial charge in [0, 0.05) is 23.7 Å². The fourth-order valence-electron chi connectivity index (χ4n) is 4.99. The summed E-state index contributed by atoms with van der Waals surface area (Å²) in [6, 6.07) is 19.4. The van der Waals surface area contributed by atoms with Gasteiger partial charge in [0.05, 0.1) is 29.6 Å². The van der Waals surface area contributed by atoms with Crippen molar-refractivity contribution in [3.8, 4) is 17.0 Å². The number of imidazole rings is 1. The zero-order valence-electron chi connectivity index (χ0n) is 24.7. The number of aromatic nitrogens is 3. The SMILES string of the molecule is Cc1cc(-c2cnc3c(NCCC(F)(F)F)cc(C(=O)c4cc(F)ccc4OCc4ccccc4)nn23)ccc1C(=O)NC1CC1. The van der Waals surface area contributed by atoms with Crippen LogP contribution >= 0.6 is 0 Å². The van der Waals surface area contributed by atoms with Crippen molar-refractivity contribution in [2.24, 2.45) is 0 Å². The van der Waals surface area contributed by atoms with Gasteiger partial charge in [-0.2, -0.15) is 18.3 Å². The average molecular weight is 632 g/mol. The van der Waals surface area contributed by atoms with Crippen LogP contribution in [0.25, 0.3) is 16.9 Å². The highest BCUT2D eigenvalue weighted by Crippen LogP contribution is 2.30. The maximum atomic E-state index is 14.4. The van der Waals surface area contributed by atoms with Crippen LogP contribution in [-0.2, 0) is 6.61 Å². The number of amides is 1. The molecule has 1 aliphatic carbocycles. The second kappa shape index (κ2) is 12.6. The van der Waals surface area contributed by atoms with Crippen molar-refractivity contribution in [2.45, 2.75) is 45.0 Å². The number of nitrogens with zero attached hydrogens (tertiary/aromatic N) is 3. The van der Waals surface area contributed by atoms with Crippen molar-refractivity contribution in [1.82, 2.24) is 19.9 Å². The molecule has 1 amide bonds. The molecular formula is C34H29F4N5O3. The number of carbonyl (C=O) groups is 2. The number of ketones is 1. The summed E-state index contributed by atoms with van der Waals surface area (Å²) in [5, 5.41) is 10.2. The van der Waals surface area contributed by atoms with Crippen molar-refractivity contribution in [3.63, 3.8) is 0 Å². The molecule has 46 heavy (non-hydrogen) atoms. The normalized spacial score (nSPS) is 13.1. The van der Waals surface area contributed by atoms with Crippen molar-refractivity contribution in [2.75, 3.05) is 11.9 Å².